The number of carbonyl (C=O) groups excluding carboxylic acids is 1. The zero-order chi connectivity index (χ0) is 8.01. The molecule has 0 bridgehead atoms. The first-order chi connectivity index (χ1) is 5.18. The third kappa shape index (κ3) is 0.929. The number of hydrogen-bond acceptors (Lipinski definition) is 2. The fourth-order valence-corrected chi connectivity index (χ4v) is 2.92. The van der Waals surface area contributed by atoms with Crippen LogP contribution in [0, 0.1) is 0 Å². The van der Waals surface area contributed by atoms with Crippen molar-refractivity contribution in [2.45, 2.75) is 11.8 Å². The van der Waals surface area contributed by atoms with Crippen LogP contribution in [-0.4, -0.2) is 32.7 Å². The van der Waals surface area contributed by atoms with Crippen LogP contribution in [0.15, 0.2) is 12.2 Å². The van der Waals surface area contributed by atoms with Gasteiger partial charge in [-0.05, 0) is 5.57 Å². The molecule has 0 aromatic heterocycles. The minimum absolute atomic E-state index is 0.00741. The second kappa shape index (κ2) is 2.17. The smallest absolute Gasteiger partial charge is 0.226 e. The van der Waals surface area contributed by atoms with Crippen molar-refractivity contribution >= 4 is 16.7 Å². The molecule has 0 saturated carbocycles. The summed E-state index contributed by atoms with van der Waals surface area (Å²) in [5, 5.41) is 0.00741. The van der Waals surface area contributed by atoms with Crippen molar-refractivity contribution in [1.82, 2.24) is 4.90 Å². The van der Waals surface area contributed by atoms with Gasteiger partial charge in [-0.25, -0.2) is 0 Å². The van der Waals surface area contributed by atoms with Crippen LogP contribution in [-0.2, 0) is 15.6 Å². The van der Waals surface area contributed by atoms with Crippen molar-refractivity contribution in [3.05, 3.63) is 12.2 Å². The molecule has 1 amide bonds. The minimum atomic E-state index is -0.873. The van der Waals surface area contributed by atoms with Crippen LogP contribution in [0.4, 0.5) is 0 Å². The molecule has 2 fully saturated rings. The molecular weight excluding hydrogens is 162 g/mol. The maximum Gasteiger partial charge on any atom is 0.226 e. The van der Waals surface area contributed by atoms with Crippen LogP contribution in [0.1, 0.15) is 6.42 Å². The molecule has 2 aliphatic rings. The standard InChI is InChI=1S/C7H9NO2S/c1-5-3-8-6(9)2-7(8)11(10)4-5/h7H,1-4H2/t7-,11?/m1/s1. The summed E-state index contributed by atoms with van der Waals surface area (Å²) in [7, 11) is -0.873. The van der Waals surface area contributed by atoms with Gasteiger partial charge in [0.25, 0.3) is 0 Å². The lowest BCUT2D eigenvalue weighted by atomic mass is 10.1. The molecule has 11 heavy (non-hydrogen) atoms. The summed E-state index contributed by atoms with van der Waals surface area (Å²) < 4.78 is 11.3. The predicted octanol–water partition coefficient (Wildman–Crippen LogP) is -0.137. The van der Waals surface area contributed by atoms with Crippen molar-refractivity contribution in [3.63, 3.8) is 0 Å². The number of fused-ring (bicyclic) bond motifs is 1. The topological polar surface area (TPSA) is 37.4 Å². The Morgan fingerprint density at radius 3 is 3.00 bits per heavy atom. The van der Waals surface area contributed by atoms with Gasteiger partial charge in [-0.3, -0.25) is 9.00 Å². The highest BCUT2D eigenvalue weighted by Gasteiger charge is 2.43. The molecule has 0 N–H and O–H groups in total. The Kier molecular flexibility index (Phi) is 1.39. The average molecular weight is 171 g/mol. The molecule has 2 saturated heterocycles. The van der Waals surface area contributed by atoms with Crippen molar-refractivity contribution in [2.75, 3.05) is 12.3 Å². The van der Waals surface area contributed by atoms with Gasteiger partial charge >= 0.3 is 0 Å². The zero-order valence-corrected chi connectivity index (χ0v) is 6.89. The number of β-lactam (4-membered cyclic amide) rings is 1. The Bertz CT molecular complexity index is 261. The van der Waals surface area contributed by atoms with Gasteiger partial charge in [-0.2, -0.15) is 0 Å². The predicted molar refractivity (Wildman–Crippen MR) is 42.3 cm³/mol. The summed E-state index contributed by atoms with van der Waals surface area (Å²) in [4.78, 5) is 12.6. The normalized spacial score (nSPS) is 36.5. The minimum Gasteiger partial charge on any atom is -0.323 e. The second-order valence-electron chi connectivity index (χ2n) is 2.96. The first-order valence-corrected chi connectivity index (χ1v) is 4.90. The molecule has 2 rings (SSSR count). The number of rotatable bonds is 0. The number of nitrogens with zero attached hydrogens (tertiary/aromatic N) is 1. The van der Waals surface area contributed by atoms with E-state index >= 15 is 0 Å². The number of amides is 1. The summed E-state index contributed by atoms with van der Waals surface area (Å²) >= 11 is 0. The summed E-state index contributed by atoms with van der Waals surface area (Å²) in [6.45, 7) is 4.35. The summed E-state index contributed by atoms with van der Waals surface area (Å²) in [6.07, 6.45) is 0.472. The maximum absolute atomic E-state index is 11.3. The maximum atomic E-state index is 11.3. The summed E-state index contributed by atoms with van der Waals surface area (Å²) in [5.41, 5.74) is 0.910. The van der Waals surface area contributed by atoms with Gasteiger partial charge in [-0.15, -0.1) is 0 Å². The summed E-state index contributed by atoms with van der Waals surface area (Å²) in [6, 6.07) is 0. The van der Waals surface area contributed by atoms with Crippen LogP contribution < -0.4 is 0 Å². The van der Waals surface area contributed by atoms with E-state index in [0.29, 0.717) is 18.7 Å². The van der Waals surface area contributed by atoms with Gasteiger partial charge in [0.05, 0.1) is 6.42 Å². The summed E-state index contributed by atoms with van der Waals surface area (Å²) in [5.74, 6) is 0.693. The Balaban J connectivity index is 2.19. The highest BCUT2D eigenvalue weighted by molar-refractivity contribution is 7.86. The molecule has 0 radical (unpaired) electrons. The third-order valence-electron chi connectivity index (χ3n) is 2.06. The SMILES string of the molecule is C=C1CN2C(=O)C[C@H]2S(=O)C1. The molecule has 4 heteroatoms. The number of hydrogen-bond donors (Lipinski definition) is 0. The number of carbonyl (C=O) groups is 1. The molecule has 0 aromatic carbocycles. The van der Waals surface area contributed by atoms with Gasteiger partial charge in [-0.1, -0.05) is 6.58 Å². The Morgan fingerprint density at radius 1 is 1.64 bits per heavy atom. The lowest BCUT2D eigenvalue weighted by Gasteiger charge is -2.43. The molecule has 0 spiro atoms. The van der Waals surface area contributed by atoms with Crippen LogP contribution in [0.3, 0.4) is 0 Å². The lowest BCUT2D eigenvalue weighted by molar-refractivity contribution is -0.141. The van der Waals surface area contributed by atoms with E-state index in [2.05, 4.69) is 6.58 Å². The van der Waals surface area contributed by atoms with E-state index in [0.717, 1.165) is 5.57 Å². The van der Waals surface area contributed by atoms with Crippen LogP contribution in [0.2, 0.25) is 0 Å². The molecule has 2 aliphatic heterocycles. The van der Waals surface area contributed by atoms with E-state index in [9.17, 15) is 9.00 Å². The van der Waals surface area contributed by atoms with Gasteiger partial charge in [0, 0.05) is 23.1 Å². The molecule has 3 nitrogen and oxygen atoms in total. The fourth-order valence-electron chi connectivity index (χ4n) is 1.43. The third-order valence-corrected chi connectivity index (χ3v) is 3.78. The van der Waals surface area contributed by atoms with Gasteiger partial charge < -0.3 is 4.90 Å². The highest BCUT2D eigenvalue weighted by atomic mass is 32.2. The fraction of sp³-hybridized carbons (Fsp3) is 0.571. The van der Waals surface area contributed by atoms with E-state index in [4.69, 9.17) is 0 Å². The van der Waals surface area contributed by atoms with E-state index in [-0.39, 0.29) is 11.3 Å². The molecule has 60 valence electrons. The molecule has 1 unspecified atom stereocenters. The highest BCUT2D eigenvalue weighted by Crippen LogP contribution is 2.28. The Hall–Kier alpha value is -0.640. The van der Waals surface area contributed by atoms with Crippen molar-refractivity contribution < 1.29 is 9.00 Å². The zero-order valence-electron chi connectivity index (χ0n) is 6.08. The second-order valence-corrected chi connectivity index (χ2v) is 4.55. The molecule has 0 aliphatic carbocycles. The van der Waals surface area contributed by atoms with Crippen LogP contribution in [0.5, 0.6) is 0 Å². The largest absolute Gasteiger partial charge is 0.323 e. The van der Waals surface area contributed by atoms with Gasteiger partial charge in [0.15, 0.2) is 0 Å². The van der Waals surface area contributed by atoms with Crippen molar-refractivity contribution in [3.8, 4) is 0 Å². The van der Waals surface area contributed by atoms with E-state index in [1.54, 1.807) is 4.90 Å². The van der Waals surface area contributed by atoms with Gasteiger partial charge in [0.1, 0.15) is 5.37 Å². The first kappa shape index (κ1) is 7.03. The van der Waals surface area contributed by atoms with Crippen LogP contribution in [0.25, 0.3) is 0 Å². The van der Waals surface area contributed by atoms with E-state index in [1.807, 2.05) is 0 Å². The van der Waals surface area contributed by atoms with E-state index < -0.39 is 10.8 Å². The van der Waals surface area contributed by atoms with Gasteiger partial charge in [0.2, 0.25) is 5.91 Å². The molecule has 2 heterocycles. The quantitative estimate of drug-likeness (QED) is 0.376. The van der Waals surface area contributed by atoms with Crippen LogP contribution >= 0.6 is 0 Å². The molecule has 2 atom stereocenters. The van der Waals surface area contributed by atoms with Crippen molar-refractivity contribution in [1.29, 1.82) is 0 Å². The molecular formula is C7H9NO2S. The van der Waals surface area contributed by atoms with Crippen molar-refractivity contribution in [2.24, 2.45) is 0 Å². The molecule has 0 aromatic rings. The van der Waals surface area contributed by atoms with E-state index in [1.165, 1.54) is 0 Å². The average Bonchev–Trinajstić information content (AvgIpc) is 1.93. The Morgan fingerprint density at radius 2 is 2.36 bits per heavy atom. The first-order valence-electron chi connectivity index (χ1n) is 3.52. The monoisotopic (exact) mass is 171 g/mol. The Labute approximate surface area is 67.5 Å². The lowest BCUT2D eigenvalue weighted by Crippen LogP contribution is -2.58.